The Hall–Kier alpha value is 0.490. The zero-order chi connectivity index (χ0) is 12.7. The Morgan fingerprint density at radius 2 is 2.12 bits per heavy atom. The van der Waals surface area contributed by atoms with Gasteiger partial charge in [-0.15, -0.1) is 11.3 Å². The van der Waals surface area contributed by atoms with Crippen molar-refractivity contribution in [3.8, 4) is 0 Å². The van der Waals surface area contributed by atoms with E-state index >= 15 is 0 Å². The quantitative estimate of drug-likeness (QED) is 0.754. The first-order valence-corrected chi connectivity index (χ1v) is 8.93. The molecule has 1 heterocycles. The topological polar surface area (TPSA) is 12.0 Å². The van der Waals surface area contributed by atoms with Gasteiger partial charge in [-0.25, -0.2) is 0 Å². The molecule has 0 fully saturated rings. The van der Waals surface area contributed by atoms with Crippen molar-refractivity contribution in [2.45, 2.75) is 33.2 Å². The van der Waals surface area contributed by atoms with E-state index in [-0.39, 0.29) is 0 Å². The Morgan fingerprint density at radius 1 is 1.35 bits per heavy atom. The molecule has 1 aromatic heterocycles. The fourth-order valence-corrected chi connectivity index (χ4v) is 4.32. The molecule has 98 valence electrons. The first-order valence-electron chi connectivity index (χ1n) is 6.17. The van der Waals surface area contributed by atoms with E-state index in [0.717, 1.165) is 18.9 Å². The molecule has 17 heavy (non-hydrogen) atoms. The molecule has 1 unspecified atom stereocenters. The standard InChI is InChI=1S/C13H22BrNS2/c1-4-15-11(9-16-8-10(2)3)7-12-5-6-13(14)17-12/h5-6,10-11,15H,4,7-9H2,1-3H3. The van der Waals surface area contributed by atoms with Crippen LogP contribution in [0.3, 0.4) is 0 Å². The second-order valence-corrected chi connectivity index (χ2v) is 8.22. The third-order valence-electron chi connectivity index (χ3n) is 2.34. The highest BCUT2D eigenvalue weighted by atomic mass is 79.9. The molecule has 0 aromatic carbocycles. The molecule has 0 bridgehead atoms. The number of thiophene rings is 1. The van der Waals surface area contributed by atoms with Gasteiger partial charge in [-0.2, -0.15) is 11.8 Å². The molecule has 0 radical (unpaired) electrons. The summed E-state index contributed by atoms with van der Waals surface area (Å²) in [5, 5.41) is 3.58. The van der Waals surface area contributed by atoms with Crippen LogP contribution in [0.4, 0.5) is 0 Å². The normalized spacial score (nSPS) is 13.2. The molecule has 4 heteroatoms. The first kappa shape index (κ1) is 15.5. The lowest BCUT2D eigenvalue weighted by atomic mass is 10.2. The van der Waals surface area contributed by atoms with E-state index in [9.17, 15) is 0 Å². The molecule has 1 aromatic rings. The highest BCUT2D eigenvalue weighted by Gasteiger charge is 2.10. The monoisotopic (exact) mass is 335 g/mol. The van der Waals surface area contributed by atoms with E-state index < -0.39 is 0 Å². The minimum Gasteiger partial charge on any atom is -0.313 e. The van der Waals surface area contributed by atoms with Crippen molar-refractivity contribution < 1.29 is 0 Å². The van der Waals surface area contributed by atoms with Crippen LogP contribution in [0.5, 0.6) is 0 Å². The van der Waals surface area contributed by atoms with Crippen LogP contribution >= 0.6 is 39.0 Å². The lowest BCUT2D eigenvalue weighted by molar-refractivity contribution is 0.575. The molecule has 0 aliphatic rings. The number of hydrogen-bond acceptors (Lipinski definition) is 3. The number of thioether (sulfide) groups is 1. The van der Waals surface area contributed by atoms with Gasteiger partial charge in [0, 0.05) is 16.7 Å². The van der Waals surface area contributed by atoms with Crippen molar-refractivity contribution in [2.24, 2.45) is 5.92 Å². The molecule has 0 saturated carbocycles. The Labute approximate surface area is 122 Å². The van der Waals surface area contributed by atoms with Crippen molar-refractivity contribution >= 4 is 39.0 Å². The molecule has 0 saturated heterocycles. The van der Waals surface area contributed by atoms with Crippen molar-refractivity contribution in [1.82, 2.24) is 5.32 Å². The smallest absolute Gasteiger partial charge is 0.0701 e. The maximum Gasteiger partial charge on any atom is 0.0701 e. The molecule has 0 aliphatic heterocycles. The van der Waals surface area contributed by atoms with Gasteiger partial charge in [-0.1, -0.05) is 20.8 Å². The maximum absolute atomic E-state index is 3.58. The second kappa shape index (κ2) is 8.57. The molecule has 1 nitrogen and oxygen atoms in total. The number of halogens is 1. The molecule has 0 spiro atoms. The van der Waals surface area contributed by atoms with Crippen LogP contribution in [0.15, 0.2) is 15.9 Å². The van der Waals surface area contributed by atoms with Gasteiger partial charge in [0.1, 0.15) is 0 Å². The molecule has 1 N–H and O–H groups in total. The Balaban J connectivity index is 2.37. The first-order chi connectivity index (χ1) is 8.11. The average Bonchev–Trinajstić information content (AvgIpc) is 2.63. The Bertz CT molecular complexity index is 312. The molecule has 0 aliphatic carbocycles. The van der Waals surface area contributed by atoms with Crippen molar-refractivity contribution in [2.75, 3.05) is 18.1 Å². The van der Waals surface area contributed by atoms with Crippen LogP contribution in [0, 0.1) is 5.92 Å². The highest BCUT2D eigenvalue weighted by Crippen LogP contribution is 2.24. The molecule has 1 rings (SSSR count). The van der Waals surface area contributed by atoms with E-state index in [1.165, 1.54) is 20.2 Å². The lowest BCUT2D eigenvalue weighted by Crippen LogP contribution is -2.33. The minimum atomic E-state index is 0.606. The van der Waals surface area contributed by atoms with Crippen LogP contribution in [-0.2, 0) is 6.42 Å². The van der Waals surface area contributed by atoms with Gasteiger partial charge in [0.05, 0.1) is 3.79 Å². The van der Waals surface area contributed by atoms with Crippen LogP contribution in [-0.4, -0.2) is 24.1 Å². The summed E-state index contributed by atoms with van der Waals surface area (Å²) in [4.78, 5) is 1.47. The predicted octanol–water partition coefficient (Wildman–Crippen LogP) is 4.42. The van der Waals surface area contributed by atoms with E-state index in [4.69, 9.17) is 0 Å². The fourth-order valence-electron chi connectivity index (χ4n) is 1.63. The van der Waals surface area contributed by atoms with Crippen molar-refractivity contribution in [1.29, 1.82) is 0 Å². The number of rotatable bonds is 8. The Kier molecular flexibility index (Phi) is 7.84. The van der Waals surface area contributed by atoms with Gasteiger partial charge in [-0.05, 0) is 52.7 Å². The van der Waals surface area contributed by atoms with Crippen molar-refractivity contribution in [3.05, 3.63) is 20.8 Å². The number of hydrogen-bond donors (Lipinski definition) is 1. The van der Waals surface area contributed by atoms with E-state index in [0.29, 0.717) is 6.04 Å². The zero-order valence-electron chi connectivity index (χ0n) is 10.8. The number of likely N-dealkylation sites (N-methyl/N-ethyl adjacent to an activating group) is 1. The summed E-state index contributed by atoms with van der Waals surface area (Å²) >= 11 is 7.44. The minimum absolute atomic E-state index is 0.606. The third kappa shape index (κ3) is 6.85. The summed E-state index contributed by atoms with van der Waals surface area (Å²) in [6.45, 7) is 7.81. The summed E-state index contributed by atoms with van der Waals surface area (Å²) in [5.74, 6) is 3.26. The van der Waals surface area contributed by atoms with Gasteiger partial charge < -0.3 is 5.32 Å². The van der Waals surface area contributed by atoms with Gasteiger partial charge in [-0.3, -0.25) is 0 Å². The third-order valence-corrected chi connectivity index (χ3v) is 5.53. The van der Waals surface area contributed by atoms with E-state index in [1.54, 1.807) is 0 Å². The average molecular weight is 336 g/mol. The molecule has 1 atom stereocenters. The maximum atomic E-state index is 3.58. The van der Waals surface area contributed by atoms with Crippen LogP contribution in [0.1, 0.15) is 25.6 Å². The number of nitrogens with one attached hydrogen (secondary N) is 1. The van der Waals surface area contributed by atoms with Gasteiger partial charge in [0.15, 0.2) is 0 Å². The second-order valence-electron chi connectivity index (χ2n) is 4.60. The summed E-state index contributed by atoms with van der Waals surface area (Å²) in [6, 6.07) is 4.98. The van der Waals surface area contributed by atoms with Gasteiger partial charge in [0.2, 0.25) is 0 Å². The highest BCUT2D eigenvalue weighted by molar-refractivity contribution is 9.11. The summed E-state index contributed by atoms with van der Waals surface area (Å²) < 4.78 is 1.23. The Morgan fingerprint density at radius 3 is 2.65 bits per heavy atom. The summed E-state index contributed by atoms with van der Waals surface area (Å²) in [6.07, 6.45) is 1.15. The summed E-state index contributed by atoms with van der Waals surface area (Å²) in [5.41, 5.74) is 0. The SMILES string of the molecule is CCNC(CSCC(C)C)Cc1ccc(Br)s1. The molecular formula is C13H22BrNS2. The van der Waals surface area contributed by atoms with Crippen LogP contribution < -0.4 is 5.32 Å². The van der Waals surface area contributed by atoms with Gasteiger partial charge >= 0.3 is 0 Å². The zero-order valence-corrected chi connectivity index (χ0v) is 14.1. The molecular weight excluding hydrogens is 314 g/mol. The fraction of sp³-hybridized carbons (Fsp3) is 0.692. The lowest BCUT2D eigenvalue weighted by Gasteiger charge is -2.17. The summed E-state index contributed by atoms with van der Waals surface area (Å²) in [7, 11) is 0. The predicted molar refractivity (Wildman–Crippen MR) is 85.4 cm³/mol. The van der Waals surface area contributed by atoms with E-state index in [1.807, 2.05) is 11.3 Å². The van der Waals surface area contributed by atoms with Crippen molar-refractivity contribution in [3.63, 3.8) is 0 Å². The van der Waals surface area contributed by atoms with Crippen LogP contribution in [0.25, 0.3) is 0 Å². The van der Waals surface area contributed by atoms with E-state index in [2.05, 4.69) is 65.9 Å². The van der Waals surface area contributed by atoms with Gasteiger partial charge in [0.25, 0.3) is 0 Å². The molecule has 0 amide bonds. The largest absolute Gasteiger partial charge is 0.313 e. The van der Waals surface area contributed by atoms with Crippen LogP contribution in [0.2, 0.25) is 0 Å².